The number of carbonyl (C=O) groups is 1. The minimum absolute atomic E-state index is 0.00997. The Balaban J connectivity index is 2.18. The molecule has 6 nitrogen and oxygen atoms in total. The van der Waals surface area contributed by atoms with Gasteiger partial charge < -0.3 is 5.73 Å². The fraction of sp³-hybridized carbons (Fsp3) is 0.0526. The molecule has 0 spiro atoms. The molecule has 7 heteroatoms. The van der Waals surface area contributed by atoms with Crippen LogP contribution < -0.4 is 11.3 Å². The van der Waals surface area contributed by atoms with E-state index in [1.807, 2.05) is 24.3 Å². The average molecular weight is 409 g/mol. The topological polar surface area (TPSA) is 90.9 Å². The zero-order valence-corrected chi connectivity index (χ0v) is 15.3. The van der Waals surface area contributed by atoms with Crippen molar-refractivity contribution in [3.8, 4) is 5.69 Å². The molecule has 0 aliphatic carbocycles. The summed E-state index contributed by atoms with van der Waals surface area (Å²) in [5, 5.41) is 1.43. The average Bonchev–Trinajstić information content (AvgIpc) is 2.61. The van der Waals surface area contributed by atoms with Gasteiger partial charge in [-0.3, -0.25) is 14.2 Å². The molecule has 0 aliphatic heterocycles. The first-order valence-corrected chi connectivity index (χ1v) is 8.61. The largest absolute Gasteiger partial charge is 0.397 e. The van der Waals surface area contributed by atoms with E-state index in [2.05, 4.69) is 25.9 Å². The lowest BCUT2D eigenvalue weighted by Crippen LogP contribution is -2.26. The van der Waals surface area contributed by atoms with E-state index in [1.54, 1.807) is 18.3 Å². The van der Waals surface area contributed by atoms with Crippen LogP contribution in [0.5, 0.6) is 0 Å². The molecule has 2 aromatic carbocycles. The fourth-order valence-corrected chi connectivity index (χ4v) is 3.45. The van der Waals surface area contributed by atoms with Crippen LogP contribution in [0.25, 0.3) is 27.5 Å². The maximum atomic E-state index is 13.1. The van der Waals surface area contributed by atoms with Crippen molar-refractivity contribution in [3.63, 3.8) is 0 Å². The number of Topliss-reactive ketones (excluding diaryl/α,β-unsaturated/α-hetero) is 1. The highest BCUT2D eigenvalue weighted by molar-refractivity contribution is 9.10. The first-order chi connectivity index (χ1) is 12.5. The number of nitrogens with zero attached hydrogens (tertiary/aromatic N) is 3. The van der Waals surface area contributed by atoms with Gasteiger partial charge in [-0.1, -0.05) is 15.9 Å². The number of rotatable bonds is 2. The minimum Gasteiger partial charge on any atom is -0.397 e. The molecular weight excluding hydrogens is 396 g/mol. The summed E-state index contributed by atoms with van der Waals surface area (Å²) < 4.78 is 2.30. The Morgan fingerprint density at radius 1 is 1.19 bits per heavy atom. The molecule has 2 aromatic heterocycles. The molecule has 0 fully saturated rings. The standard InChI is InChI=1S/C19H13BrN4O2/c1-10(25)17-18(21)14-4-2-12(20)7-16(14)24(19(17)26)13-3-5-15-11(6-13)8-22-9-23-15/h2-9H,21H2,1H3. The van der Waals surface area contributed by atoms with Gasteiger partial charge in [-0.2, -0.15) is 0 Å². The molecular formula is C19H13BrN4O2. The van der Waals surface area contributed by atoms with Crippen LogP contribution in [0.3, 0.4) is 0 Å². The SMILES string of the molecule is CC(=O)c1c(N)c2ccc(Br)cc2n(-c2ccc3ncncc3c2)c1=O. The Hall–Kier alpha value is -3.06. The third kappa shape index (κ3) is 2.48. The summed E-state index contributed by atoms with van der Waals surface area (Å²) in [4.78, 5) is 33.4. The van der Waals surface area contributed by atoms with Crippen molar-refractivity contribution in [2.24, 2.45) is 0 Å². The maximum absolute atomic E-state index is 13.1. The Labute approximate surface area is 156 Å². The number of halogens is 1. The predicted octanol–water partition coefficient (Wildman–Crippen LogP) is 3.48. The highest BCUT2D eigenvalue weighted by Gasteiger charge is 2.19. The van der Waals surface area contributed by atoms with Crippen LogP contribution in [0.2, 0.25) is 0 Å². The van der Waals surface area contributed by atoms with Crippen molar-refractivity contribution < 1.29 is 4.79 Å². The van der Waals surface area contributed by atoms with Crippen LogP contribution in [0, 0.1) is 0 Å². The van der Waals surface area contributed by atoms with Crippen LogP contribution >= 0.6 is 15.9 Å². The van der Waals surface area contributed by atoms with Gasteiger partial charge in [-0.05, 0) is 43.3 Å². The second kappa shape index (κ2) is 6.03. The summed E-state index contributed by atoms with van der Waals surface area (Å²) in [7, 11) is 0. The lowest BCUT2D eigenvalue weighted by atomic mass is 10.1. The predicted molar refractivity (Wildman–Crippen MR) is 105 cm³/mol. The van der Waals surface area contributed by atoms with E-state index in [1.165, 1.54) is 17.8 Å². The summed E-state index contributed by atoms with van der Waals surface area (Å²) >= 11 is 3.43. The first kappa shape index (κ1) is 16.4. The molecule has 0 amide bonds. The van der Waals surface area contributed by atoms with Gasteiger partial charge in [0.2, 0.25) is 0 Å². The zero-order chi connectivity index (χ0) is 18.4. The Bertz CT molecular complexity index is 1260. The molecule has 128 valence electrons. The molecule has 2 N–H and O–H groups in total. The Morgan fingerprint density at radius 3 is 2.77 bits per heavy atom. The van der Waals surface area contributed by atoms with E-state index in [0.717, 1.165) is 15.4 Å². The van der Waals surface area contributed by atoms with E-state index in [4.69, 9.17) is 5.73 Å². The monoisotopic (exact) mass is 408 g/mol. The number of anilines is 1. The summed E-state index contributed by atoms with van der Waals surface area (Å²) in [6.07, 6.45) is 3.15. The molecule has 4 aromatic rings. The third-order valence-electron chi connectivity index (χ3n) is 4.28. The summed E-state index contributed by atoms with van der Waals surface area (Å²) in [5.74, 6) is -0.366. The quantitative estimate of drug-likeness (QED) is 0.512. The Kier molecular flexibility index (Phi) is 3.81. The number of aromatic nitrogens is 3. The highest BCUT2D eigenvalue weighted by Crippen LogP contribution is 2.28. The van der Waals surface area contributed by atoms with Gasteiger partial charge in [-0.25, -0.2) is 9.97 Å². The lowest BCUT2D eigenvalue weighted by Gasteiger charge is -2.15. The van der Waals surface area contributed by atoms with Crippen molar-refractivity contribution in [2.75, 3.05) is 5.73 Å². The maximum Gasteiger partial charge on any atom is 0.268 e. The number of hydrogen-bond donors (Lipinski definition) is 1. The molecule has 0 bridgehead atoms. The molecule has 0 saturated carbocycles. The van der Waals surface area contributed by atoms with Crippen LogP contribution in [0.1, 0.15) is 17.3 Å². The highest BCUT2D eigenvalue weighted by atomic mass is 79.9. The fourth-order valence-electron chi connectivity index (χ4n) is 3.10. The van der Waals surface area contributed by atoms with Crippen LogP contribution in [0.4, 0.5) is 5.69 Å². The van der Waals surface area contributed by atoms with Gasteiger partial charge in [0.25, 0.3) is 5.56 Å². The minimum atomic E-state index is -0.447. The lowest BCUT2D eigenvalue weighted by molar-refractivity contribution is 0.101. The number of pyridine rings is 1. The van der Waals surface area contributed by atoms with Gasteiger partial charge in [0.05, 0.1) is 22.4 Å². The van der Waals surface area contributed by atoms with Gasteiger partial charge >= 0.3 is 0 Å². The van der Waals surface area contributed by atoms with Gasteiger partial charge in [-0.15, -0.1) is 0 Å². The zero-order valence-electron chi connectivity index (χ0n) is 13.7. The van der Waals surface area contributed by atoms with E-state index in [-0.39, 0.29) is 17.0 Å². The number of ketones is 1. The van der Waals surface area contributed by atoms with Crippen molar-refractivity contribution in [2.45, 2.75) is 6.92 Å². The first-order valence-electron chi connectivity index (χ1n) is 7.82. The van der Waals surface area contributed by atoms with Crippen molar-refractivity contribution in [3.05, 3.63) is 69.3 Å². The molecule has 0 atom stereocenters. The molecule has 4 rings (SSSR count). The second-order valence-corrected chi connectivity index (χ2v) is 6.83. The second-order valence-electron chi connectivity index (χ2n) is 5.91. The smallest absolute Gasteiger partial charge is 0.268 e. The number of benzene rings is 2. The molecule has 2 heterocycles. The molecule has 0 radical (unpaired) electrons. The van der Waals surface area contributed by atoms with E-state index >= 15 is 0 Å². The molecule has 0 unspecified atom stereocenters. The number of nitrogen functional groups attached to an aromatic ring is 1. The summed E-state index contributed by atoms with van der Waals surface area (Å²) in [6.45, 7) is 1.34. The van der Waals surface area contributed by atoms with Crippen molar-refractivity contribution in [1.29, 1.82) is 0 Å². The van der Waals surface area contributed by atoms with E-state index < -0.39 is 5.56 Å². The molecule has 0 aliphatic rings. The van der Waals surface area contributed by atoms with E-state index in [9.17, 15) is 9.59 Å². The van der Waals surface area contributed by atoms with Crippen LogP contribution in [-0.4, -0.2) is 20.3 Å². The van der Waals surface area contributed by atoms with Gasteiger partial charge in [0.15, 0.2) is 5.78 Å². The van der Waals surface area contributed by atoms with Gasteiger partial charge in [0.1, 0.15) is 11.9 Å². The third-order valence-corrected chi connectivity index (χ3v) is 4.77. The van der Waals surface area contributed by atoms with Crippen molar-refractivity contribution in [1.82, 2.24) is 14.5 Å². The van der Waals surface area contributed by atoms with Crippen molar-refractivity contribution >= 4 is 49.2 Å². The number of carbonyl (C=O) groups excluding carboxylic acids is 1. The number of hydrogen-bond acceptors (Lipinski definition) is 5. The van der Waals surface area contributed by atoms with E-state index in [0.29, 0.717) is 16.6 Å². The molecule has 0 saturated heterocycles. The van der Waals surface area contributed by atoms with Crippen LogP contribution in [0.15, 0.2) is 58.2 Å². The summed E-state index contributed by atoms with van der Waals surface area (Å²) in [6, 6.07) is 10.8. The molecule has 26 heavy (non-hydrogen) atoms. The Morgan fingerprint density at radius 2 is 2.00 bits per heavy atom. The van der Waals surface area contributed by atoms with Crippen LogP contribution in [-0.2, 0) is 0 Å². The summed E-state index contributed by atoms with van der Waals surface area (Å²) in [5.41, 5.74) is 7.88. The van der Waals surface area contributed by atoms with Gasteiger partial charge in [0, 0.05) is 21.4 Å². The number of fused-ring (bicyclic) bond motifs is 2. The number of nitrogens with two attached hydrogens (primary N) is 1. The normalized spacial score (nSPS) is 11.2.